The van der Waals surface area contributed by atoms with Crippen LogP contribution in [-0.4, -0.2) is 58.7 Å². The second kappa shape index (κ2) is 6.95. The minimum Gasteiger partial charge on any atom is -0.481 e. The average molecular weight is 361 g/mol. The van der Waals surface area contributed by atoms with Gasteiger partial charge >= 0.3 is 12.1 Å². The van der Waals surface area contributed by atoms with Crippen LogP contribution in [0, 0.1) is 12.3 Å². The molecule has 0 aromatic carbocycles. The minimum atomic E-state index is -4.77. The number of nitrogens with zero attached hydrogens (tertiary/aromatic N) is 3. The van der Waals surface area contributed by atoms with Crippen molar-refractivity contribution in [3.05, 3.63) is 23.3 Å². The Bertz CT molecular complexity index is 676. The summed E-state index contributed by atoms with van der Waals surface area (Å²) in [4.78, 5) is 32.0. The van der Waals surface area contributed by atoms with Crippen LogP contribution in [0.25, 0.3) is 0 Å². The standard InChI is InChI=1S/C15H18F3N3O4/c1-9-6-10(20-12(19-9)15(16,17)18)11(22)21-5-3-4-14(7-21,8-25-2)13(23)24/h6H,3-5,7-8H2,1-2H3,(H,23,24). The van der Waals surface area contributed by atoms with E-state index in [1.165, 1.54) is 18.9 Å². The zero-order valence-electron chi connectivity index (χ0n) is 13.8. The van der Waals surface area contributed by atoms with Crippen molar-refractivity contribution in [2.24, 2.45) is 5.41 Å². The average Bonchev–Trinajstić information content (AvgIpc) is 2.53. The number of alkyl halides is 3. The van der Waals surface area contributed by atoms with Gasteiger partial charge in [0.25, 0.3) is 5.91 Å². The summed E-state index contributed by atoms with van der Waals surface area (Å²) in [5.74, 6) is -3.26. The highest BCUT2D eigenvalue weighted by atomic mass is 19.4. The van der Waals surface area contributed by atoms with Gasteiger partial charge in [-0.3, -0.25) is 9.59 Å². The number of carboxylic acids is 1. The Morgan fingerprint density at radius 1 is 1.40 bits per heavy atom. The molecule has 0 spiro atoms. The number of hydrogen-bond donors (Lipinski definition) is 1. The molecule has 0 aliphatic carbocycles. The van der Waals surface area contributed by atoms with Gasteiger partial charge in [-0.15, -0.1) is 0 Å². The number of aromatic nitrogens is 2. The van der Waals surface area contributed by atoms with Crippen molar-refractivity contribution in [2.45, 2.75) is 25.9 Å². The van der Waals surface area contributed by atoms with Crippen molar-refractivity contribution in [1.82, 2.24) is 14.9 Å². The van der Waals surface area contributed by atoms with Crippen LogP contribution in [0.1, 0.15) is 34.8 Å². The van der Waals surface area contributed by atoms with Gasteiger partial charge in [0.2, 0.25) is 5.82 Å². The second-order valence-corrected chi connectivity index (χ2v) is 6.06. The lowest BCUT2D eigenvalue weighted by Gasteiger charge is -2.39. The number of rotatable bonds is 4. The van der Waals surface area contributed by atoms with E-state index in [2.05, 4.69) is 9.97 Å². The number of ether oxygens (including phenoxy) is 1. The molecular weight excluding hydrogens is 343 g/mol. The van der Waals surface area contributed by atoms with E-state index in [0.29, 0.717) is 12.8 Å². The maximum Gasteiger partial charge on any atom is 0.451 e. The van der Waals surface area contributed by atoms with E-state index in [1.54, 1.807) is 0 Å². The van der Waals surface area contributed by atoms with Crippen LogP contribution in [0.4, 0.5) is 13.2 Å². The topological polar surface area (TPSA) is 92.6 Å². The molecule has 1 aromatic heterocycles. The number of aryl methyl sites for hydroxylation is 1. The van der Waals surface area contributed by atoms with Crippen molar-refractivity contribution in [1.29, 1.82) is 0 Å². The van der Waals surface area contributed by atoms with Gasteiger partial charge in [0, 0.05) is 25.9 Å². The zero-order valence-corrected chi connectivity index (χ0v) is 13.8. The third-order valence-corrected chi connectivity index (χ3v) is 4.07. The lowest BCUT2D eigenvalue weighted by molar-refractivity contribution is -0.155. The van der Waals surface area contributed by atoms with E-state index in [0.717, 1.165) is 6.07 Å². The molecule has 0 bridgehead atoms. The molecule has 138 valence electrons. The maximum atomic E-state index is 12.8. The summed E-state index contributed by atoms with van der Waals surface area (Å²) in [6.45, 7) is 1.32. The Labute approximate surface area is 141 Å². The Kier molecular flexibility index (Phi) is 5.31. The van der Waals surface area contributed by atoms with Gasteiger partial charge in [0.15, 0.2) is 0 Å². The fourth-order valence-corrected chi connectivity index (χ4v) is 2.90. The van der Waals surface area contributed by atoms with Crippen molar-refractivity contribution in [3.8, 4) is 0 Å². The first-order valence-electron chi connectivity index (χ1n) is 7.53. The number of methoxy groups -OCH3 is 1. The maximum absolute atomic E-state index is 12.8. The second-order valence-electron chi connectivity index (χ2n) is 6.06. The number of carbonyl (C=O) groups excluding carboxylic acids is 1. The van der Waals surface area contributed by atoms with Gasteiger partial charge < -0.3 is 14.7 Å². The first-order valence-corrected chi connectivity index (χ1v) is 7.53. The smallest absolute Gasteiger partial charge is 0.451 e. The summed E-state index contributed by atoms with van der Waals surface area (Å²) in [6.07, 6.45) is -4.06. The normalized spacial score (nSPS) is 21.2. The summed E-state index contributed by atoms with van der Waals surface area (Å²) in [6, 6.07) is 1.16. The molecular formula is C15H18F3N3O4. The Morgan fingerprint density at radius 2 is 2.08 bits per heavy atom. The third-order valence-electron chi connectivity index (χ3n) is 4.07. The van der Waals surface area contributed by atoms with Crippen molar-refractivity contribution >= 4 is 11.9 Å². The van der Waals surface area contributed by atoms with E-state index in [4.69, 9.17) is 4.74 Å². The number of aliphatic carboxylic acids is 1. The molecule has 1 amide bonds. The predicted octanol–water partition coefficient (Wildman–Crippen LogP) is 1.76. The van der Waals surface area contributed by atoms with Crippen LogP contribution < -0.4 is 0 Å². The van der Waals surface area contributed by atoms with E-state index < -0.39 is 35.0 Å². The highest BCUT2D eigenvalue weighted by Gasteiger charge is 2.44. The van der Waals surface area contributed by atoms with Gasteiger partial charge in [0.1, 0.15) is 11.1 Å². The Hall–Kier alpha value is -2.23. The first-order chi connectivity index (χ1) is 11.6. The molecule has 1 aliphatic heterocycles. The number of amides is 1. The fraction of sp³-hybridized carbons (Fsp3) is 0.600. The fourth-order valence-electron chi connectivity index (χ4n) is 2.90. The Balaban J connectivity index is 2.31. The molecule has 0 radical (unpaired) electrons. The molecule has 10 heteroatoms. The number of carbonyl (C=O) groups is 2. The van der Waals surface area contributed by atoms with Crippen LogP contribution in [0.3, 0.4) is 0 Å². The molecule has 2 rings (SSSR count). The summed E-state index contributed by atoms with van der Waals surface area (Å²) in [5.41, 5.74) is -1.68. The lowest BCUT2D eigenvalue weighted by atomic mass is 9.80. The molecule has 2 heterocycles. The van der Waals surface area contributed by atoms with E-state index in [1.807, 2.05) is 0 Å². The van der Waals surface area contributed by atoms with E-state index >= 15 is 0 Å². The first kappa shape index (κ1) is 19.1. The van der Waals surface area contributed by atoms with Crippen molar-refractivity contribution < 1.29 is 32.6 Å². The Morgan fingerprint density at radius 3 is 2.64 bits per heavy atom. The lowest BCUT2D eigenvalue weighted by Crippen LogP contribution is -2.52. The van der Waals surface area contributed by atoms with Crippen molar-refractivity contribution in [3.63, 3.8) is 0 Å². The number of halogens is 3. The minimum absolute atomic E-state index is 0.00377. The highest BCUT2D eigenvalue weighted by Crippen LogP contribution is 2.32. The monoisotopic (exact) mass is 361 g/mol. The molecule has 1 fully saturated rings. The van der Waals surface area contributed by atoms with E-state index in [-0.39, 0.29) is 25.4 Å². The molecule has 1 saturated heterocycles. The highest BCUT2D eigenvalue weighted by molar-refractivity contribution is 5.93. The molecule has 0 saturated carbocycles. The summed E-state index contributed by atoms with van der Waals surface area (Å²) < 4.78 is 43.5. The quantitative estimate of drug-likeness (QED) is 0.878. The SMILES string of the molecule is COCC1(C(=O)O)CCCN(C(=O)c2cc(C)nc(C(F)(F)F)n2)C1. The van der Waals surface area contributed by atoms with Crippen LogP contribution in [0.2, 0.25) is 0 Å². The number of hydrogen-bond acceptors (Lipinski definition) is 5. The molecule has 1 aromatic rings. The predicted molar refractivity (Wildman–Crippen MR) is 78.9 cm³/mol. The number of carboxylic acid groups (broad SMARTS) is 1. The molecule has 1 N–H and O–H groups in total. The largest absolute Gasteiger partial charge is 0.481 e. The third kappa shape index (κ3) is 4.06. The summed E-state index contributed by atoms with van der Waals surface area (Å²) in [7, 11) is 1.36. The van der Waals surface area contributed by atoms with Gasteiger partial charge in [-0.2, -0.15) is 13.2 Å². The summed E-state index contributed by atoms with van der Waals surface area (Å²) >= 11 is 0. The number of likely N-dealkylation sites (tertiary alicyclic amines) is 1. The van der Waals surface area contributed by atoms with Crippen LogP contribution in [0.5, 0.6) is 0 Å². The van der Waals surface area contributed by atoms with Gasteiger partial charge in [-0.25, -0.2) is 9.97 Å². The van der Waals surface area contributed by atoms with Gasteiger partial charge in [0.05, 0.1) is 6.61 Å². The van der Waals surface area contributed by atoms with Crippen LogP contribution >= 0.6 is 0 Å². The zero-order chi connectivity index (χ0) is 18.8. The van der Waals surface area contributed by atoms with Crippen LogP contribution in [0.15, 0.2) is 6.07 Å². The van der Waals surface area contributed by atoms with Gasteiger partial charge in [-0.1, -0.05) is 0 Å². The molecule has 1 aliphatic rings. The molecule has 1 atom stereocenters. The van der Waals surface area contributed by atoms with Crippen LogP contribution in [-0.2, 0) is 15.7 Å². The summed E-state index contributed by atoms with van der Waals surface area (Å²) in [5, 5.41) is 9.49. The van der Waals surface area contributed by atoms with E-state index in [9.17, 15) is 27.9 Å². The van der Waals surface area contributed by atoms with Gasteiger partial charge in [-0.05, 0) is 25.8 Å². The molecule has 7 nitrogen and oxygen atoms in total. The number of piperidine rings is 1. The molecule has 1 unspecified atom stereocenters. The molecule has 25 heavy (non-hydrogen) atoms. The van der Waals surface area contributed by atoms with Crippen molar-refractivity contribution in [2.75, 3.05) is 26.8 Å².